The zero-order chi connectivity index (χ0) is 17.9. The summed E-state index contributed by atoms with van der Waals surface area (Å²) < 4.78 is 19.3. The molecule has 2 rings (SSSR count). The molecule has 0 aliphatic carbocycles. The topological polar surface area (TPSA) is 25.4 Å². The summed E-state index contributed by atoms with van der Waals surface area (Å²) in [7, 11) is 0. The van der Waals surface area contributed by atoms with Gasteiger partial charge in [-0.05, 0) is 49.8 Å². The first kappa shape index (κ1) is 23.4. The zero-order valence-electron chi connectivity index (χ0n) is 15.9. The lowest BCUT2D eigenvalue weighted by atomic mass is 10.2. The molecule has 0 unspecified atom stereocenters. The molecule has 0 N–H and O–H groups in total. The molecule has 0 atom stereocenters. The van der Waals surface area contributed by atoms with Crippen molar-refractivity contribution in [2.24, 2.45) is 0 Å². The summed E-state index contributed by atoms with van der Waals surface area (Å²) in [5, 5.41) is 0. The third-order valence-electron chi connectivity index (χ3n) is 3.61. The second kappa shape index (κ2) is 12.7. The predicted octanol–water partition coefficient (Wildman–Crippen LogP) is 1.98. The summed E-state index contributed by atoms with van der Waals surface area (Å²) in [4.78, 5) is 6.88. The number of aromatic nitrogens is 1. The molecule has 1 aromatic heterocycles. The Morgan fingerprint density at radius 1 is 1.04 bits per heavy atom. The van der Waals surface area contributed by atoms with Crippen LogP contribution in [0.2, 0.25) is 0 Å². The van der Waals surface area contributed by atoms with Crippen LogP contribution in [0, 0.1) is 12.7 Å². The van der Waals surface area contributed by atoms with E-state index in [-0.39, 0.29) is 30.6 Å². The highest BCUT2D eigenvalue weighted by atomic mass is 35.5. The second-order valence-corrected chi connectivity index (χ2v) is 5.30. The van der Waals surface area contributed by atoms with E-state index in [0.717, 1.165) is 36.6 Å². The number of hydrogen-bond donors (Lipinski definition) is 0. The normalized spacial score (nSPS) is 9.88. The number of ether oxygens (including phenoxy) is 1. The van der Waals surface area contributed by atoms with Gasteiger partial charge in [0.15, 0.2) is 11.6 Å². The Kier molecular flexibility index (Phi) is 11.8. The van der Waals surface area contributed by atoms with Crippen molar-refractivity contribution in [3.63, 3.8) is 0 Å². The Bertz CT molecular complexity index is 618. The van der Waals surface area contributed by atoms with Crippen LogP contribution in [0.15, 0.2) is 36.4 Å². The summed E-state index contributed by atoms with van der Waals surface area (Å²) in [5.41, 5.74) is 2.70. The van der Waals surface area contributed by atoms with Crippen LogP contribution in [-0.2, 0) is 13.2 Å². The SMILES string of the molecule is CC.CCN(CC)Cc1cccc(COc2ccc(C)cc2F)n1.[Cl-]. The maximum atomic E-state index is 13.7. The van der Waals surface area contributed by atoms with E-state index in [9.17, 15) is 4.39 Å². The maximum absolute atomic E-state index is 13.7. The molecule has 0 aliphatic rings. The Labute approximate surface area is 157 Å². The van der Waals surface area contributed by atoms with Gasteiger partial charge in [-0.3, -0.25) is 9.88 Å². The van der Waals surface area contributed by atoms with Gasteiger partial charge in [0.25, 0.3) is 0 Å². The molecule has 1 heterocycles. The van der Waals surface area contributed by atoms with Crippen molar-refractivity contribution < 1.29 is 21.5 Å². The van der Waals surface area contributed by atoms with Crippen LogP contribution in [0.5, 0.6) is 5.75 Å². The highest BCUT2D eigenvalue weighted by molar-refractivity contribution is 5.28. The highest BCUT2D eigenvalue weighted by Crippen LogP contribution is 2.19. The summed E-state index contributed by atoms with van der Waals surface area (Å²) >= 11 is 0. The first-order chi connectivity index (χ1) is 11.6. The number of rotatable bonds is 7. The van der Waals surface area contributed by atoms with Gasteiger partial charge in [-0.2, -0.15) is 0 Å². The molecule has 0 saturated carbocycles. The smallest absolute Gasteiger partial charge is 0.165 e. The fraction of sp³-hybridized carbons (Fsp3) is 0.450. The van der Waals surface area contributed by atoms with E-state index in [2.05, 4.69) is 23.7 Å². The lowest BCUT2D eigenvalue weighted by Crippen LogP contribution is -3.00. The minimum atomic E-state index is -0.334. The predicted molar refractivity (Wildman–Crippen MR) is 97.7 cm³/mol. The van der Waals surface area contributed by atoms with Crippen LogP contribution < -0.4 is 17.1 Å². The quantitative estimate of drug-likeness (QED) is 0.748. The Morgan fingerprint density at radius 2 is 1.68 bits per heavy atom. The molecule has 0 spiro atoms. The number of benzene rings is 1. The van der Waals surface area contributed by atoms with Crippen molar-refractivity contribution in [3.8, 4) is 5.75 Å². The standard InChI is InChI=1S/C18H23FN2O.C2H6.ClH/c1-4-21(5-2)12-15-7-6-8-16(20-15)13-22-18-10-9-14(3)11-17(18)19;1-2;/h6-11H,4-5,12-13H2,1-3H3;1-2H3;1H/p-1. The lowest BCUT2D eigenvalue weighted by molar-refractivity contribution is -0.00000621. The molecule has 2 aromatic rings. The van der Waals surface area contributed by atoms with E-state index in [1.807, 2.05) is 45.0 Å². The van der Waals surface area contributed by atoms with Crippen molar-refractivity contribution in [1.29, 1.82) is 0 Å². The molecule has 5 heteroatoms. The van der Waals surface area contributed by atoms with Crippen molar-refractivity contribution in [3.05, 3.63) is 59.2 Å². The van der Waals surface area contributed by atoms with Crippen LogP contribution in [0.3, 0.4) is 0 Å². The number of halogens is 2. The van der Waals surface area contributed by atoms with E-state index in [1.165, 1.54) is 6.07 Å². The van der Waals surface area contributed by atoms with Crippen molar-refractivity contribution in [2.45, 2.75) is 47.8 Å². The first-order valence-corrected chi connectivity index (χ1v) is 8.68. The number of aryl methyl sites for hydroxylation is 1. The molecule has 140 valence electrons. The average Bonchev–Trinajstić information content (AvgIpc) is 2.61. The second-order valence-electron chi connectivity index (χ2n) is 5.30. The molecule has 25 heavy (non-hydrogen) atoms. The van der Waals surface area contributed by atoms with E-state index in [4.69, 9.17) is 4.74 Å². The molecule has 0 bridgehead atoms. The van der Waals surface area contributed by atoms with E-state index in [0.29, 0.717) is 0 Å². The van der Waals surface area contributed by atoms with E-state index >= 15 is 0 Å². The van der Waals surface area contributed by atoms with Crippen molar-refractivity contribution >= 4 is 0 Å². The molecular weight excluding hydrogens is 339 g/mol. The Balaban J connectivity index is 0.00000185. The summed E-state index contributed by atoms with van der Waals surface area (Å²) in [6.07, 6.45) is 0. The Hall–Kier alpha value is -1.65. The monoisotopic (exact) mass is 367 g/mol. The highest BCUT2D eigenvalue weighted by Gasteiger charge is 2.06. The van der Waals surface area contributed by atoms with E-state index in [1.54, 1.807) is 6.07 Å². The zero-order valence-corrected chi connectivity index (χ0v) is 16.6. The fourth-order valence-corrected chi connectivity index (χ4v) is 2.25. The van der Waals surface area contributed by atoms with Gasteiger partial charge in [0, 0.05) is 6.54 Å². The molecule has 0 aliphatic heterocycles. The van der Waals surface area contributed by atoms with Gasteiger partial charge in [-0.15, -0.1) is 0 Å². The number of hydrogen-bond acceptors (Lipinski definition) is 3. The first-order valence-electron chi connectivity index (χ1n) is 8.68. The number of pyridine rings is 1. The Morgan fingerprint density at radius 3 is 2.28 bits per heavy atom. The number of nitrogens with zero attached hydrogens (tertiary/aromatic N) is 2. The molecule has 0 amide bonds. The van der Waals surface area contributed by atoms with Crippen LogP contribution in [0.25, 0.3) is 0 Å². The summed E-state index contributed by atoms with van der Waals surface area (Å²) in [5.74, 6) is -0.0687. The van der Waals surface area contributed by atoms with Crippen LogP contribution in [0.1, 0.15) is 44.6 Å². The molecule has 0 fully saturated rings. The van der Waals surface area contributed by atoms with Gasteiger partial charge in [-0.25, -0.2) is 4.39 Å². The van der Waals surface area contributed by atoms with Gasteiger partial charge in [-0.1, -0.05) is 39.8 Å². The van der Waals surface area contributed by atoms with Crippen LogP contribution >= 0.6 is 0 Å². The van der Waals surface area contributed by atoms with Crippen molar-refractivity contribution in [1.82, 2.24) is 9.88 Å². The third-order valence-corrected chi connectivity index (χ3v) is 3.61. The third kappa shape index (κ3) is 7.84. The molecular formula is C20H29ClFN2O-. The molecule has 1 aromatic carbocycles. The largest absolute Gasteiger partial charge is 1.00 e. The van der Waals surface area contributed by atoms with E-state index < -0.39 is 0 Å². The molecule has 0 radical (unpaired) electrons. The summed E-state index contributed by atoms with van der Waals surface area (Å²) in [6.45, 7) is 13.2. The van der Waals surface area contributed by atoms with Gasteiger partial charge in [0.1, 0.15) is 6.61 Å². The lowest BCUT2D eigenvalue weighted by Gasteiger charge is -2.17. The van der Waals surface area contributed by atoms with Crippen molar-refractivity contribution in [2.75, 3.05) is 13.1 Å². The van der Waals surface area contributed by atoms with Gasteiger partial charge in [0.05, 0.1) is 11.4 Å². The fourth-order valence-electron chi connectivity index (χ4n) is 2.25. The molecule has 3 nitrogen and oxygen atoms in total. The average molecular weight is 368 g/mol. The maximum Gasteiger partial charge on any atom is 0.165 e. The minimum absolute atomic E-state index is 0. The molecule has 0 saturated heterocycles. The van der Waals surface area contributed by atoms with Crippen LogP contribution in [0.4, 0.5) is 4.39 Å². The van der Waals surface area contributed by atoms with Crippen LogP contribution in [-0.4, -0.2) is 23.0 Å². The summed E-state index contributed by atoms with van der Waals surface area (Å²) in [6, 6.07) is 10.8. The van der Waals surface area contributed by atoms with Gasteiger partial charge >= 0.3 is 0 Å². The minimum Gasteiger partial charge on any atom is -1.00 e. The van der Waals surface area contributed by atoms with Gasteiger partial charge < -0.3 is 17.1 Å². The van der Waals surface area contributed by atoms with Gasteiger partial charge in [0.2, 0.25) is 0 Å².